The molecule has 0 radical (unpaired) electrons. The smallest absolute Gasteiger partial charge is 0.0991 e. The predicted molar refractivity (Wildman–Crippen MR) is 69.6 cm³/mol. The Labute approximate surface area is 101 Å². The minimum Gasteiger partial charge on any atom is -0.364 e. The first-order valence-corrected chi connectivity index (χ1v) is 7.12. The number of hydrogen-bond acceptors (Lipinski definition) is 2. The topological polar surface area (TPSA) is 12.5 Å². The molecular formula is C14H29NO. The molecule has 0 aromatic heterocycles. The largest absolute Gasteiger partial charge is 0.364 e. The lowest BCUT2D eigenvalue weighted by Gasteiger charge is -2.16. The fraction of sp³-hybridized carbons (Fsp3) is 1.00. The van der Waals surface area contributed by atoms with Crippen molar-refractivity contribution in [3.8, 4) is 0 Å². The quantitative estimate of drug-likeness (QED) is 0.555. The fourth-order valence-corrected chi connectivity index (χ4v) is 2.38. The van der Waals surface area contributed by atoms with Crippen LogP contribution in [0.4, 0.5) is 0 Å². The third-order valence-electron chi connectivity index (χ3n) is 3.62. The average molecular weight is 227 g/mol. The molecule has 1 rings (SSSR count). The minimum atomic E-state index is 0.695. The summed E-state index contributed by atoms with van der Waals surface area (Å²) in [6.45, 7) is 4.06. The zero-order chi connectivity index (χ0) is 11.6. The third-order valence-corrected chi connectivity index (χ3v) is 3.62. The predicted octanol–water partition coefficient (Wildman–Crippen LogP) is 3.81. The van der Waals surface area contributed by atoms with Crippen molar-refractivity contribution in [3.05, 3.63) is 0 Å². The molecule has 0 spiro atoms. The van der Waals surface area contributed by atoms with Gasteiger partial charge in [-0.15, -0.1) is 0 Å². The molecule has 1 aliphatic heterocycles. The summed E-state index contributed by atoms with van der Waals surface area (Å²) in [6, 6.07) is 0.695. The van der Waals surface area contributed by atoms with Gasteiger partial charge in [-0.25, -0.2) is 0 Å². The second-order valence-corrected chi connectivity index (χ2v) is 5.17. The molecule has 0 amide bonds. The lowest BCUT2D eigenvalue weighted by Crippen LogP contribution is -2.26. The molecule has 1 saturated heterocycles. The second-order valence-electron chi connectivity index (χ2n) is 5.17. The highest BCUT2D eigenvalue weighted by molar-refractivity contribution is 4.70. The van der Waals surface area contributed by atoms with Gasteiger partial charge in [0.1, 0.15) is 0 Å². The van der Waals surface area contributed by atoms with Crippen LogP contribution in [0.5, 0.6) is 0 Å². The van der Waals surface area contributed by atoms with Gasteiger partial charge in [0, 0.05) is 6.04 Å². The van der Waals surface area contributed by atoms with Crippen molar-refractivity contribution >= 4 is 0 Å². The zero-order valence-corrected chi connectivity index (χ0v) is 11.2. The highest BCUT2D eigenvalue weighted by Gasteiger charge is 2.20. The second kappa shape index (κ2) is 9.00. The summed E-state index contributed by atoms with van der Waals surface area (Å²) < 4.78 is 5.42. The maximum atomic E-state index is 5.42. The molecule has 1 fully saturated rings. The van der Waals surface area contributed by atoms with E-state index in [1.54, 1.807) is 0 Å². The van der Waals surface area contributed by atoms with Crippen molar-refractivity contribution in [3.63, 3.8) is 0 Å². The van der Waals surface area contributed by atoms with Crippen LogP contribution in [0, 0.1) is 0 Å². The van der Waals surface area contributed by atoms with Crippen LogP contribution in [0.25, 0.3) is 0 Å². The average Bonchev–Trinajstić information content (AvgIpc) is 2.68. The van der Waals surface area contributed by atoms with Crippen molar-refractivity contribution in [1.82, 2.24) is 4.90 Å². The molecule has 0 bridgehead atoms. The lowest BCUT2D eigenvalue weighted by molar-refractivity contribution is 0.153. The first-order valence-electron chi connectivity index (χ1n) is 7.12. The van der Waals surface area contributed by atoms with Gasteiger partial charge in [0.15, 0.2) is 0 Å². The summed E-state index contributed by atoms with van der Waals surface area (Å²) >= 11 is 0. The van der Waals surface area contributed by atoms with Gasteiger partial charge in [-0.2, -0.15) is 0 Å². The van der Waals surface area contributed by atoms with Crippen LogP contribution in [0.1, 0.15) is 64.7 Å². The van der Waals surface area contributed by atoms with Gasteiger partial charge in [-0.3, -0.25) is 4.90 Å². The first kappa shape index (κ1) is 14.0. The molecule has 2 heteroatoms. The van der Waals surface area contributed by atoms with Crippen LogP contribution in [-0.4, -0.2) is 31.3 Å². The lowest BCUT2D eigenvalue weighted by atomic mass is 10.0. The van der Waals surface area contributed by atoms with Gasteiger partial charge in [0.25, 0.3) is 0 Å². The number of hydrogen-bond donors (Lipinski definition) is 0. The normalized spacial score (nSPS) is 21.8. The maximum Gasteiger partial charge on any atom is 0.0991 e. The van der Waals surface area contributed by atoms with Crippen LogP contribution in [0.2, 0.25) is 0 Å². The minimum absolute atomic E-state index is 0.695. The van der Waals surface area contributed by atoms with E-state index < -0.39 is 0 Å². The highest BCUT2D eigenvalue weighted by Crippen LogP contribution is 2.15. The summed E-state index contributed by atoms with van der Waals surface area (Å²) in [5.41, 5.74) is 0. The Hall–Kier alpha value is -0.0800. The molecule has 1 heterocycles. The van der Waals surface area contributed by atoms with Crippen LogP contribution in [-0.2, 0) is 4.74 Å². The SMILES string of the molecule is CCCCCCCCCCC1COCN1C. The molecule has 0 aromatic carbocycles. The Bertz CT molecular complexity index is 161. The van der Waals surface area contributed by atoms with Gasteiger partial charge >= 0.3 is 0 Å². The van der Waals surface area contributed by atoms with Crippen molar-refractivity contribution in [2.24, 2.45) is 0 Å². The van der Waals surface area contributed by atoms with E-state index in [1.807, 2.05) is 0 Å². The van der Waals surface area contributed by atoms with E-state index in [0.29, 0.717) is 6.04 Å². The number of likely N-dealkylation sites (N-methyl/N-ethyl adjacent to an activating group) is 1. The molecule has 1 aliphatic rings. The Morgan fingerprint density at radius 1 is 1.00 bits per heavy atom. The zero-order valence-electron chi connectivity index (χ0n) is 11.2. The number of nitrogens with zero attached hydrogens (tertiary/aromatic N) is 1. The van der Waals surface area contributed by atoms with E-state index in [-0.39, 0.29) is 0 Å². The van der Waals surface area contributed by atoms with Crippen LogP contribution >= 0.6 is 0 Å². The molecule has 1 atom stereocenters. The molecule has 96 valence electrons. The van der Waals surface area contributed by atoms with Gasteiger partial charge in [0.2, 0.25) is 0 Å². The summed E-state index contributed by atoms with van der Waals surface area (Å²) in [6.07, 6.45) is 12.7. The Kier molecular flexibility index (Phi) is 7.87. The van der Waals surface area contributed by atoms with E-state index in [4.69, 9.17) is 4.74 Å². The van der Waals surface area contributed by atoms with E-state index in [2.05, 4.69) is 18.9 Å². The number of unbranched alkanes of at least 4 members (excludes halogenated alkanes) is 7. The Morgan fingerprint density at radius 3 is 2.19 bits per heavy atom. The van der Waals surface area contributed by atoms with Gasteiger partial charge in [-0.05, 0) is 13.5 Å². The molecule has 0 saturated carbocycles. The van der Waals surface area contributed by atoms with Gasteiger partial charge in [0.05, 0.1) is 13.3 Å². The molecule has 2 nitrogen and oxygen atoms in total. The van der Waals surface area contributed by atoms with E-state index >= 15 is 0 Å². The van der Waals surface area contributed by atoms with Gasteiger partial charge in [-0.1, -0.05) is 58.3 Å². The number of rotatable bonds is 9. The standard InChI is InChI=1S/C14H29NO/c1-3-4-5-6-7-8-9-10-11-14-12-16-13-15(14)2/h14H,3-13H2,1-2H3. The first-order chi connectivity index (χ1) is 7.84. The third kappa shape index (κ3) is 5.86. The Balaban J connectivity index is 1.81. The highest BCUT2D eigenvalue weighted by atomic mass is 16.5. The number of ether oxygens (including phenoxy) is 1. The van der Waals surface area contributed by atoms with Crippen LogP contribution in [0.3, 0.4) is 0 Å². The fourth-order valence-electron chi connectivity index (χ4n) is 2.38. The summed E-state index contributed by atoms with van der Waals surface area (Å²) in [7, 11) is 2.17. The van der Waals surface area contributed by atoms with E-state index in [0.717, 1.165) is 13.3 Å². The van der Waals surface area contributed by atoms with E-state index in [1.165, 1.54) is 57.8 Å². The summed E-state index contributed by atoms with van der Waals surface area (Å²) in [5.74, 6) is 0. The molecule has 0 N–H and O–H groups in total. The summed E-state index contributed by atoms with van der Waals surface area (Å²) in [5, 5.41) is 0. The van der Waals surface area contributed by atoms with Gasteiger partial charge < -0.3 is 4.74 Å². The summed E-state index contributed by atoms with van der Waals surface area (Å²) in [4.78, 5) is 2.33. The molecule has 0 aromatic rings. The van der Waals surface area contributed by atoms with Crippen molar-refractivity contribution in [2.45, 2.75) is 70.8 Å². The Morgan fingerprint density at radius 2 is 1.62 bits per heavy atom. The van der Waals surface area contributed by atoms with Crippen LogP contribution in [0.15, 0.2) is 0 Å². The van der Waals surface area contributed by atoms with Crippen LogP contribution < -0.4 is 0 Å². The molecular weight excluding hydrogens is 198 g/mol. The monoisotopic (exact) mass is 227 g/mol. The molecule has 16 heavy (non-hydrogen) atoms. The van der Waals surface area contributed by atoms with Crippen molar-refractivity contribution in [2.75, 3.05) is 20.4 Å². The maximum absolute atomic E-state index is 5.42. The van der Waals surface area contributed by atoms with Crippen molar-refractivity contribution < 1.29 is 4.74 Å². The van der Waals surface area contributed by atoms with Crippen molar-refractivity contribution in [1.29, 1.82) is 0 Å². The molecule has 0 aliphatic carbocycles. The molecule has 1 unspecified atom stereocenters. The van der Waals surface area contributed by atoms with E-state index in [9.17, 15) is 0 Å².